The molecule has 3 N–H and O–H groups in total. The third-order valence-electron chi connectivity index (χ3n) is 3.16. The van der Waals surface area contributed by atoms with Crippen LogP contribution in [-0.2, 0) is 19.1 Å². The number of hydrogen-bond acceptors (Lipinski definition) is 9. The first kappa shape index (κ1) is 33.7. The number of sulfonamides is 1. The van der Waals surface area contributed by atoms with Crippen molar-refractivity contribution in [3.8, 4) is 0 Å². The molecule has 2 aromatic carbocycles. The Kier molecular flexibility index (Phi) is 14.6. The van der Waals surface area contributed by atoms with Crippen molar-refractivity contribution in [1.82, 2.24) is 4.72 Å². The first-order chi connectivity index (χ1) is 15.1. The molecular weight excluding hydrogens is 549 g/mol. The van der Waals surface area contributed by atoms with Crippen molar-refractivity contribution < 1.29 is 35.5 Å². The number of nitrogens with two attached hydrogens (primary N) is 1. The molecule has 0 atom stereocenters. The molecule has 12 nitrogen and oxygen atoms in total. The van der Waals surface area contributed by atoms with E-state index in [2.05, 4.69) is 4.72 Å². The number of hydrogen-bond donors (Lipinski definition) is 2. The molecule has 0 aliphatic rings. The minimum atomic E-state index is -4.06. The van der Waals surface area contributed by atoms with Crippen molar-refractivity contribution in [2.75, 3.05) is 13.1 Å². The number of nitrogens with one attached hydrogen (secondary N) is 1. The summed E-state index contributed by atoms with van der Waals surface area (Å²) < 4.78 is 72.4. The lowest BCUT2D eigenvalue weighted by Gasteiger charge is -2.04. The van der Waals surface area contributed by atoms with Gasteiger partial charge in [0.05, 0.1) is 19.6 Å². The van der Waals surface area contributed by atoms with Gasteiger partial charge in [-0.05, 0) is 18.7 Å². The second kappa shape index (κ2) is 14.7. The summed E-state index contributed by atoms with van der Waals surface area (Å²) in [5.74, 6) is -2.42. The van der Waals surface area contributed by atoms with Crippen LogP contribution in [0, 0.1) is 31.9 Å². The van der Waals surface area contributed by atoms with E-state index in [1.54, 1.807) is 6.92 Å². The first-order valence-electron chi connectivity index (χ1n) is 8.64. The Labute approximate surface area is 204 Å². The highest BCUT2D eigenvalue weighted by Crippen LogP contribution is 2.23. The van der Waals surface area contributed by atoms with Crippen LogP contribution >= 0.6 is 23.1 Å². The van der Waals surface area contributed by atoms with Crippen molar-refractivity contribution in [3.63, 3.8) is 0 Å². The quantitative estimate of drug-likeness (QED) is 0.299. The van der Waals surface area contributed by atoms with E-state index in [1.807, 2.05) is 6.92 Å². The Morgan fingerprint density at radius 3 is 1.56 bits per heavy atom. The van der Waals surface area contributed by atoms with Gasteiger partial charge in [0.15, 0.2) is 0 Å². The molecule has 18 heteroatoms. The summed E-state index contributed by atoms with van der Waals surface area (Å²) in [5.41, 5.74) is 3.30. The number of nitro groups is 2. The van der Waals surface area contributed by atoms with E-state index in [1.165, 1.54) is 0 Å². The normalized spacial score (nSPS) is 10.5. The predicted molar refractivity (Wildman–Crippen MR) is 122 cm³/mol. The van der Waals surface area contributed by atoms with Crippen LogP contribution in [0.1, 0.15) is 13.8 Å². The Hall–Kier alpha value is -2.50. The highest BCUT2D eigenvalue weighted by molar-refractivity contribution is 8.13. The zero-order valence-electron chi connectivity index (χ0n) is 17.5. The summed E-state index contributed by atoms with van der Waals surface area (Å²) in [7, 11) is -2.95. The topological polar surface area (TPSA) is 193 Å². The predicted octanol–water partition coefficient (Wildman–Crippen LogP) is 3.08. The van der Waals surface area contributed by atoms with Crippen LogP contribution in [0.4, 0.5) is 20.2 Å². The SMILES string of the molecule is CCN.CCNS(=O)(=O)c1ccc([N+](=O)[O-])c(F)c1.Cl.O=[N+]([O-])c1ccc(S(=O)(=O)Cl)cc1F. The molecule has 0 aliphatic heterocycles. The maximum atomic E-state index is 13.1. The molecular formula is C16H20Cl2F2N4O8S2. The van der Waals surface area contributed by atoms with Gasteiger partial charge < -0.3 is 5.73 Å². The maximum absolute atomic E-state index is 13.1. The van der Waals surface area contributed by atoms with Gasteiger partial charge in [-0.1, -0.05) is 13.8 Å². The van der Waals surface area contributed by atoms with Gasteiger partial charge in [0.2, 0.25) is 21.7 Å². The van der Waals surface area contributed by atoms with Crippen LogP contribution in [0.5, 0.6) is 0 Å². The number of nitro benzene ring substituents is 2. The Balaban J connectivity index is 0. The van der Waals surface area contributed by atoms with Gasteiger partial charge in [0.1, 0.15) is 0 Å². The summed E-state index contributed by atoms with van der Waals surface area (Å²) >= 11 is 0. The van der Waals surface area contributed by atoms with Crippen molar-refractivity contribution in [2.45, 2.75) is 23.6 Å². The Bertz CT molecular complexity index is 1220. The zero-order chi connectivity index (χ0) is 26.0. The second-order valence-corrected chi connectivity index (χ2v) is 9.92. The average molecular weight is 569 g/mol. The van der Waals surface area contributed by atoms with Gasteiger partial charge >= 0.3 is 11.4 Å². The minimum Gasteiger partial charge on any atom is -0.331 e. The smallest absolute Gasteiger partial charge is 0.304 e. The minimum absolute atomic E-state index is 0. The van der Waals surface area contributed by atoms with Crippen LogP contribution in [0.3, 0.4) is 0 Å². The molecule has 0 radical (unpaired) electrons. The average Bonchev–Trinajstić information content (AvgIpc) is 2.67. The molecule has 0 bridgehead atoms. The molecule has 0 heterocycles. The van der Waals surface area contributed by atoms with Crippen LogP contribution in [0.25, 0.3) is 0 Å². The van der Waals surface area contributed by atoms with Gasteiger partial charge in [0, 0.05) is 41.5 Å². The van der Waals surface area contributed by atoms with Crippen LogP contribution < -0.4 is 10.5 Å². The number of nitrogens with zero attached hydrogens (tertiary/aromatic N) is 2. The number of rotatable bonds is 6. The van der Waals surface area contributed by atoms with E-state index in [4.69, 9.17) is 16.4 Å². The van der Waals surface area contributed by atoms with Crippen LogP contribution in [-0.4, -0.2) is 39.8 Å². The molecule has 2 aromatic rings. The van der Waals surface area contributed by atoms with Crippen LogP contribution in [0.2, 0.25) is 0 Å². The fraction of sp³-hybridized carbons (Fsp3) is 0.250. The van der Waals surface area contributed by atoms with E-state index in [0.717, 1.165) is 30.8 Å². The van der Waals surface area contributed by atoms with Crippen molar-refractivity contribution >= 4 is 53.5 Å². The fourth-order valence-corrected chi connectivity index (χ4v) is 3.68. The Morgan fingerprint density at radius 1 is 0.912 bits per heavy atom. The van der Waals surface area contributed by atoms with E-state index in [9.17, 15) is 45.8 Å². The highest BCUT2D eigenvalue weighted by Gasteiger charge is 2.20. The third-order valence-corrected chi connectivity index (χ3v) is 6.05. The van der Waals surface area contributed by atoms with Crippen LogP contribution in [0.15, 0.2) is 46.2 Å². The molecule has 0 saturated heterocycles. The lowest BCUT2D eigenvalue weighted by Crippen LogP contribution is -2.23. The third kappa shape index (κ3) is 10.6. The lowest BCUT2D eigenvalue weighted by molar-refractivity contribution is -0.387. The molecule has 0 aromatic heterocycles. The first-order valence-corrected chi connectivity index (χ1v) is 12.4. The molecule has 0 spiro atoms. The van der Waals surface area contributed by atoms with Crippen molar-refractivity contribution in [2.24, 2.45) is 5.73 Å². The van der Waals surface area contributed by atoms with Gasteiger partial charge in [-0.25, -0.2) is 21.6 Å². The van der Waals surface area contributed by atoms with E-state index >= 15 is 0 Å². The highest BCUT2D eigenvalue weighted by atomic mass is 35.7. The van der Waals surface area contributed by atoms with Gasteiger partial charge in [-0.2, -0.15) is 8.78 Å². The van der Waals surface area contributed by atoms with Gasteiger partial charge in [0.25, 0.3) is 9.05 Å². The fourth-order valence-electron chi connectivity index (χ4n) is 1.86. The molecule has 0 aliphatic carbocycles. The lowest BCUT2D eigenvalue weighted by atomic mass is 10.3. The Morgan fingerprint density at radius 2 is 1.26 bits per heavy atom. The molecule has 2 rings (SSSR count). The molecule has 0 fully saturated rings. The molecule has 0 saturated carbocycles. The number of halogens is 4. The van der Waals surface area contributed by atoms with Gasteiger partial charge in [-0.3, -0.25) is 20.2 Å². The van der Waals surface area contributed by atoms with Crippen molar-refractivity contribution in [3.05, 3.63) is 68.3 Å². The molecule has 34 heavy (non-hydrogen) atoms. The number of benzene rings is 2. The summed E-state index contributed by atoms with van der Waals surface area (Å²) in [4.78, 5) is 17.8. The maximum Gasteiger partial charge on any atom is 0.304 e. The van der Waals surface area contributed by atoms with Gasteiger partial charge in [-0.15, -0.1) is 12.4 Å². The summed E-state index contributed by atoms with van der Waals surface area (Å²) in [6.45, 7) is 4.38. The zero-order valence-corrected chi connectivity index (χ0v) is 20.7. The van der Waals surface area contributed by atoms with E-state index in [-0.39, 0.29) is 23.8 Å². The monoisotopic (exact) mass is 568 g/mol. The van der Waals surface area contributed by atoms with Crippen molar-refractivity contribution in [1.29, 1.82) is 0 Å². The summed E-state index contributed by atoms with van der Waals surface area (Å²) in [5, 5.41) is 20.5. The second-order valence-electron chi connectivity index (χ2n) is 5.59. The standard InChI is InChI=1S/C8H9FN2O4S.C6H3ClFNO4S.C2H7N.ClH/c1-2-10-16(14,15)6-3-4-8(11(12)13)7(9)5-6;7-14(12,13)4-1-2-6(9(10)11)5(8)3-4;1-2-3;/h3-5,10H,2H2,1H3;1-3H;2-3H2,1H3;1H. The summed E-state index contributed by atoms with van der Waals surface area (Å²) in [6.07, 6.45) is 0. The van der Waals surface area contributed by atoms with E-state index in [0.29, 0.717) is 12.1 Å². The molecule has 0 unspecified atom stereocenters. The molecule has 0 amide bonds. The molecule has 192 valence electrons. The summed E-state index contributed by atoms with van der Waals surface area (Å²) in [6, 6.07) is 4.53. The largest absolute Gasteiger partial charge is 0.331 e. The van der Waals surface area contributed by atoms with E-state index < -0.39 is 56.8 Å².